The molecule has 0 amide bonds. The number of hydrazine groups is 2. The number of hydrogen-bond acceptors (Lipinski definition) is 8. The van der Waals surface area contributed by atoms with Gasteiger partial charge in [0.2, 0.25) is 0 Å². The smallest absolute Gasteiger partial charge is 0.170 e. The molecule has 1 aliphatic heterocycles. The predicted octanol–water partition coefficient (Wildman–Crippen LogP) is 4.13. The first-order chi connectivity index (χ1) is 13.7. The number of benzene rings is 2. The van der Waals surface area contributed by atoms with Crippen molar-refractivity contribution >= 4 is 61.3 Å². The number of thiophene rings is 1. The van der Waals surface area contributed by atoms with Gasteiger partial charge in [-0.05, 0) is 35.7 Å². The Kier molecular flexibility index (Phi) is 4.16. The Bertz CT molecular complexity index is 1240. The summed E-state index contributed by atoms with van der Waals surface area (Å²) in [5.41, 5.74) is 11.0. The number of nitrogens with one attached hydrogen (secondary N) is 4. The van der Waals surface area contributed by atoms with Gasteiger partial charge in [-0.1, -0.05) is 23.7 Å². The van der Waals surface area contributed by atoms with E-state index in [0.29, 0.717) is 16.6 Å². The number of halogens is 1. The molecule has 7 nitrogen and oxygen atoms in total. The Morgan fingerprint density at radius 2 is 2.04 bits per heavy atom. The van der Waals surface area contributed by atoms with Crippen LogP contribution in [0.4, 0.5) is 11.5 Å². The van der Waals surface area contributed by atoms with Crippen molar-refractivity contribution < 1.29 is 4.74 Å². The number of ether oxygens (including phenoxy) is 1. The molecule has 0 unspecified atom stereocenters. The number of methoxy groups -OCH3 is 1. The van der Waals surface area contributed by atoms with Crippen molar-refractivity contribution in [3.05, 3.63) is 58.4 Å². The normalized spacial score (nSPS) is 13.3. The van der Waals surface area contributed by atoms with E-state index >= 15 is 0 Å². The van der Waals surface area contributed by atoms with Crippen LogP contribution >= 0.6 is 22.9 Å². The van der Waals surface area contributed by atoms with Crippen LogP contribution in [0.5, 0.6) is 5.75 Å². The zero-order valence-electron chi connectivity index (χ0n) is 14.7. The maximum Gasteiger partial charge on any atom is 0.170 e. The first kappa shape index (κ1) is 17.1. The SMILES string of the molecule is COc1ccc(Nc2nc3cc(C4=NNNN4)ccc3c3sccc23)cc1Cl. The number of nitrogens with zero attached hydrogens (tertiary/aromatic N) is 2. The van der Waals surface area contributed by atoms with E-state index in [1.54, 1.807) is 18.4 Å². The van der Waals surface area contributed by atoms with Gasteiger partial charge in [0, 0.05) is 26.7 Å². The van der Waals surface area contributed by atoms with Crippen molar-refractivity contribution in [1.29, 1.82) is 0 Å². The van der Waals surface area contributed by atoms with Gasteiger partial charge in [-0.25, -0.2) is 10.5 Å². The number of hydrogen-bond donors (Lipinski definition) is 4. The van der Waals surface area contributed by atoms with Crippen molar-refractivity contribution in [1.82, 2.24) is 21.5 Å². The maximum absolute atomic E-state index is 6.27. The summed E-state index contributed by atoms with van der Waals surface area (Å²) in [6.07, 6.45) is 0. The Morgan fingerprint density at radius 1 is 1.11 bits per heavy atom. The van der Waals surface area contributed by atoms with Gasteiger partial charge in [0.15, 0.2) is 5.84 Å². The van der Waals surface area contributed by atoms with Gasteiger partial charge in [-0.3, -0.25) is 5.43 Å². The van der Waals surface area contributed by atoms with Crippen molar-refractivity contribution in [3.8, 4) is 5.75 Å². The van der Waals surface area contributed by atoms with Gasteiger partial charge in [0.1, 0.15) is 11.6 Å². The summed E-state index contributed by atoms with van der Waals surface area (Å²) in [6, 6.07) is 13.8. The van der Waals surface area contributed by atoms with Crippen molar-refractivity contribution in [3.63, 3.8) is 0 Å². The number of hydrazone groups is 1. The zero-order valence-corrected chi connectivity index (χ0v) is 16.3. The van der Waals surface area contributed by atoms with Crippen molar-refractivity contribution in [2.75, 3.05) is 12.4 Å². The van der Waals surface area contributed by atoms with Crippen LogP contribution in [-0.2, 0) is 0 Å². The third kappa shape index (κ3) is 2.88. The Balaban J connectivity index is 1.62. The second-order valence-electron chi connectivity index (χ2n) is 6.15. The average Bonchev–Trinajstić information content (AvgIpc) is 3.40. The number of aromatic nitrogens is 1. The van der Waals surface area contributed by atoms with E-state index in [1.807, 2.05) is 30.3 Å². The third-order valence-corrected chi connectivity index (χ3v) is 5.73. The molecule has 0 fully saturated rings. The van der Waals surface area contributed by atoms with Crippen LogP contribution in [0.2, 0.25) is 5.02 Å². The molecule has 28 heavy (non-hydrogen) atoms. The third-order valence-electron chi connectivity index (χ3n) is 4.49. The number of amidine groups is 1. The summed E-state index contributed by atoms with van der Waals surface area (Å²) >= 11 is 7.96. The summed E-state index contributed by atoms with van der Waals surface area (Å²) in [5, 5.41) is 12.3. The summed E-state index contributed by atoms with van der Waals surface area (Å²) in [7, 11) is 1.60. The molecule has 0 saturated heterocycles. The molecule has 2 aromatic heterocycles. The second-order valence-corrected chi connectivity index (χ2v) is 7.48. The largest absolute Gasteiger partial charge is 0.495 e. The molecular weight excluding hydrogens is 396 g/mol. The van der Waals surface area contributed by atoms with Crippen LogP contribution in [0.1, 0.15) is 5.56 Å². The minimum atomic E-state index is 0.544. The summed E-state index contributed by atoms with van der Waals surface area (Å²) in [5.74, 6) is 2.13. The topological polar surface area (TPSA) is 82.6 Å². The molecule has 0 radical (unpaired) electrons. The molecule has 2 aromatic carbocycles. The van der Waals surface area contributed by atoms with Crippen LogP contribution in [0, 0.1) is 0 Å². The summed E-state index contributed by atoms with van der Waals surface area (Å²) < 4.78 is 6.40. The molecule has 140 valence electrons. The van der Waals surface area contributed by atoms with Gasteiger partial charge in [0.05, 0.1) is 17.6 Å². The fourth-order valence-electron chi connectivity index (χ4n) is 3.16. The van der Waals surface area contributed by atoms with E-state index in [9.17, 15) is 0 Å². The van der Waals surface area contributed by atoms with Gasteiger partial charge < -0.3 is 10.1 Å². The fourth-order valence-corrected chi connectivity index (χ4v) is 4.35. The zero-order chi connectivity index (χ0) is 19.1. The highest BCUT2D eigenvalue weighted by molar-refractivity contribution is 7.18. The monoisotopic (exact) mass is 410 g/mol. The number of fused-ring (bicyclic) bond motifs is 3. The van der Waals surface area contributed by atoms with E-state index in [4.69, 9.17) is 21.3 Å². The van der Waals surface area contributed by atoms with Gasteiger partial charge in [-0.2, -0.15) is 0 Å². The molecule has 9 heteroatoms. The fraction of sp³-hybridized carbons (Fsp3) is 0.0526. The molecular formula is C19H15ClN6OS. The molecule has 0 atom stereocenters. The highest BCUT2D eigenvalue weighted by Crippen LogP contribution is 2.36. The molecule has 1 aliphatic rings. The van der Waals surface area contributed by atoms with E-state index in [1.165, 1.54) is 4.70 Å². The molecule has 4 N–H and O–H groups in total. The van der Waals surface area contributed by atoms with E-state index in [0.717, 1.165) is 33.4 Å². The standard InChI is InChI=1S/C19H15ClN6OS/c1-27-16-5-3-11(9-14(16)20)21-19-13-6-7-28-17(13)12-4-2-10(8-15(12)22-19)18-23-25-26-24-18/h2-9,25-26H,1H3,(H,21,22)(H,23,24). The summed E-state index contributed by atoms with van der Waals surface area (Å²) in [6.45, 7) is 0. The maximum atomic E-state index is 6.27. The molecule has 0 aliphatic carbocycles. The quantitative estimate of drug-likeness (QED) is 0.405. The van der Waals surface area contributed by atoms with Gasteiger partial charge >= 0.3 is 0 Å². The lowest BCUT2D eigenvalue weighted by Gasteiger charge is -2.11. The Labute approximate surface area is 169 Å². The number of rotatable bonds is 4. The molecule has 5 rings (SSSR count). The average molecular weight is 411 g/mol. The molecule has 0 bridgehead atoms. The van der Waals surface area contributed by atoms with Crippen LogP contribution < -0.4 is 26.5 Å². The number of anilines is 2. The number of pyridine rings is 1. The summed E-state index contributed by atoms with van der Waals surface area (Å²) in [4.78, 5) is 4.87. The molecule has 0 saturated carbocycles. The van der Waals surface area contributed by atoms with Crippen LogP contribution in [0.3, 0.4) is 0 Å². The second kappa shape index (κ2) is 6.83. The first-order valence-corrected chi connectivity index (χ1v) is 9.74. The van der Waals surface area contributed by atoms with Crippen LogP contribution in [0.15, 0.2) is 52.9 Å². The Hall–Kier alpha value is -3.07. The molecule has 0 spiro atoms. The van der Waals surface area contributed by atoms with Crippen molar-refractivity contribution in [2.24, 2.45) is 5.10 Å². The van der Waals surface area contributed by atoms with E-state index in [2.05, 4.69) is 44.4 Å². The highest BCUT2D eigenvalue weighted by Gasteiger charge is 2.14. The minimum absolute atomic E-state index is 0.544. The molecule has 3 heterocycles. The van der Waals surface area contributed by atoms with Gasteiger partial charge in [-0.15, -0.1) is 22.0 Å². The first-order valence-electron chi connectivity index (χ1n) is 8.48. The van der Waals surface area contributed by atoms with E-state index in [-0.39, 0.29) is 0 Å². The predicted molar refractivity (Wildman–Crippen MR) is 114 cm³/mol. The lowest BCUT2D eigenvalue weighted by atomic mass is 10.1. The Morgan fingerprint density at radius 3 is 2.82 bits per heavy atom. The van der Waals surface area contributed by atoms with Crippen LogP contribution in [0.25, 0.3) is 21.0 Å². The lowest BCUT2D eigenvalue weighted by molar-refractivity contribution is 0.415. The van der Waals surface area contributed by atoms with Crippen molar-refractivity contribution in [2.45, 2.75) is 0 Å². The minimum Gasteiger partial charge on any atom is -0.495 e. The lowest BCUT2D eigenvalue weighted by Crippen LogP contribution is -2.35. The van der Waals surface area contributed by atoms with E-state index < -0.39 is 0 Å². The molecule has 4 aromatic rings. The van der Waals surface area contributed by atoms with Gasteiger partial charge in [0.25, 0.3) is 0 Å². The van der Waals surface area contributed by atoms with Crippen LogP contribution in [-0.4, -0.2) is 17.9 Å². The highest BCUT2D eigenvalue weighted by atomic mass is 35.5.